The van der Waals surface area contributed by atoms with E-state index in [1.807, 2.05) is 0 Å². The molecule has 3 heteroatoms. The van der Waals surface area contributed by atoms with Crippen LogP contribution in [0.5, 0.6) is 5.75 Å². The summed E-state index contributed by atoms with van der Waals surface area (Å²) in [4.78, 5) is 0. The molecule has 1 saturated heterocycles. The number of benzene rings is 1. The normalized spacial score (nSPS) is 18.7. The SMILES string of the molecule is CCc1ccc(OC)c(CCNCC2CCCN2)c1. The molecule has 1 unspecified atom stereocenters. The first-order valence-corrected chi connectivity index (χ1v) is 7.43. The Morgan fingerprint density at radius 2 is 2.32 bits per heavy atom. The van der Waals surface area contributed by atoms with Crippen molar-refractivity contribution in [1.29, 1.82) is 0 Å². The number of hydrogen-bond acceptors (Lipinski definition) is 3. The number of ether oxygens (including phenoxy) is 1. The molecular formula is C16H26N2O. The lowest BCUT2D eigenvalue weighted by molar-refractivity contribution is 0.408. The summed E-state index contributed by atoms with van der Waals surface area (Å²) in [5.41, 5.74) is 2.70. The molecule has 0 saturated carbocycles. The summed E-state index contributed by atoms with van der Waals surface area (Å²) in [6.45, 7) is 5.46. The number of rotatable bonds is 7. The molecule has 2 N–H and O–H groups in total. The van der Waals surface area contributed by atoms with Crippen LogP contribution in [0.25, 0.3) is 0 Å². The van der Waals surface area contributed by atoms with E-state index < -0.39 is 0 Å². The summed E-state index contributed by atoms with van der Waals surface area (Å²) >= 11 is 0. The average molecular weight is 262 g/mol. The van der Waals surface area contributed by atoms with Gasteiger partial charge in [0.15, 0.2) is 0 Å². The summed E-state index contributed by atoms with van der Waals surface area (Å²) < 4.78 is 5.44. The predicted molar refractivity (Wildman–Crippen MR) is 80.0 cm³/mol. The number of aryl methyl sites for hydroxylation is 1. The largest absolute Gasteiger partial charge is 0.496 e. The summed E-state index contributed by atoms with van der Waals surface area (Å²) in [7, 11) is 1.75. The van der Waals surface area contributed by atoms with Gasteiger partial charge in [-0.2, -0.15) is 0 Å². The van der Waals surface area contributed by atoms with Gasteiger partial charge in [0.1, 0.15) is 5.75 Å². The fraction of sp³-hybridized carbons (Fsp3) is 0.625. The van der Waals surface area contributed by atoms with Gasteiger partial charge in [0.2, 0.25) is 0 Å². The number of methoxy groups -OCH3 is 1. The first kappa shape index (κ1) is 14.4. The highest BCUT2D eigenvalue weighted by atomic mass is 16.5. The Morgan fingerprint density at radius 1 is 1.42 bits per heavy atom. The van der Waals surface area contributed by atoms with Gasteiger partial charge in [0, 0.05) is 12.6 Å². The van der Waals surface area contributed by atoms with Crippen LogP contribution >= 0.6 is 0 Å². The van der Waals surface area contributed by atoms with Gasteiger partial charge in [-0.25, -0.2) is 0 Å². The fourth-order valence-electron chi connectivity index (χ4n) is 2.68. The van der Waals surface area contributed by atoms with Gasteiger partial charge in [0.05, 0.1) is 7.11 Å². The zero-order valence-corrected chi connectivity index (χ0v) is 12.2. The van der Waals surface area contributed by atoms with Crippen LogP contribution in [0.3, 0.4) is 0 Å². The van der Waals surface area contributed by atoms with Crippen molar-refractivity contribution in [1.82, 2.24) is 10.6 Å². The Balaban J connectivity index is 1.80. The van der Waals surface area contributed by atoms with E-state index >= 15 is 0 Å². The summed E-state index contributed by atoms with van der Waals surface area (Å²) in [5.74, 6) is 1.01. The van der Waals surface area contributed by atoms with Gasteiger partial charge >= 0.3 is 0 Å². The second-order valence-corrected chi connectivity index (χ2v) is 5.25. The minimum absolute atomic E-state index is 0.670. The molecule has 1 atom stereocenters. The third-order valence-corrected chi connectivity index (χ3v) is 3.88. The van der Waals surface area contributed by atoms with Gasteiger partial charge in [-0.3, -0.25) is 0 Å². The first-order valence-electron chi connectivity index (χ1n) is 7.43. The topological polar surface area (TPSA) is 33.3 Å². The quantitative estimate of drug-likeness (QED) is 0.739. The smallest absolute Gasteiger partial charge is 0.122 e. The Labute approximate surface area is 116 Å². The van der Waals surface area contributed by atoms with Crippen LogP contribution in [0, 0.1) is 0 Å². The van der Waals surface area contributed by atoms with E-state index in [4.69, 9.17) is 4.74 Å². The second kappa shape index (κ2) is 7.51. The number of nitrogens with one attached hydrogen (secondary N) is 2. The minimum Gasteiger partial charge on any atom is -0.496 e. The van der Waals surface area contributed by atoms with Crippen LogP contribution in [-0.2, 0) is 12.8 Å². The van der Waals surface area contributed by atoms with Crippen LogP contribution < -0.4 is 15.4 Å². The van der Waals surface area contributed by atoms with E-state index in [0.717, 1.165) is 31.7 Å². The molecule has 0 aromatic heterocycles. The summed E-state index contributed by atoms with van der Waals surface area (Å²) in [5, 5.41) is 7.06. The Kier molecular flexibility index (Phi) is 5.67. The molecular weight excluding hydrogens is 236 g/mol. The highest BCUT2D eigenvalue weighted by Crippen LogP contribution is 2.20. The van der Waals surface area contributed by atoms with Crippen LogP contribution in [0.15, 0.2) is 18.2 Å². The molecule has 0 aliphatic carbocycles. The van der Waals surface area contributed by atoms with Crippen molar-refractivity contribution in [2.45, 2.75) is 38.6 Å². The van der Waals surface area contributed by atoms with E-state index in [2.05, 4.69) is 35.8 Å². The molecule has 1 fully saturated rings. The molecule has 1 aromatic rings. The lowest BCUT2D eigenvalue weighted by Gasteiger charge is -2.13. The van der Waals surface area contributed by atoms with E-state index in [-0.39, 0.29) is 0 Å². The fourth-order valence-corrected chi connectivity index (χ4v) is 2.68. The van der Waals surface area contributed by atoms with Gasteiger partial charge in [-0.1, -0.05) is 19.1 Å². The first-order chi connectivity index (χ1) is 9.33. The standard InChI is InChI=1S/C16H26N2O/c1-3-13-6-7-16(19-2)14(11-13)8-10-17-12-15-5-4-9-18-15/h6-7,11,15,17-18H,3-5,8-10,12H2,1-2H3. The third kappa shape index (κ3) is 4.22. The van der Waals surface area contributed by atoms with Crippen LogP contribution in [0.4, 0.5) is 0 Å². The van der Waals surface area contributed by atoms with Gasteiger partial charge in [-0.15, -0.1) is 0 Å². The highest BCUT2D eigenvalue weighted by molar-refractivity contribution is 5.37. The minimum atomic E-state index is 0.670. The molecule has 0 bridgehead atoms. The molecule has 3 nitrogen and oxygen atoms in total. The maximum absolute atomic E-state index is 5.44. The van der Waals surface area contributed by atoms with Crippen molar-refractivity contribution in [3.63, 3.8) is 0 Å². The molecule has 19 heavy (non-hydrogen) atoms. The van der Waals surface area contributed by atoms with Gasteiger partial charge in [0.25, 0.3) is 0 Å². The highest BCUT2D eigenvalue weighted by Gasteiger charge is 2.12. The lowest BCUT2D eigenvalue weighted by Crippen LogP contribution is -2.34. The maximum atomic E-state index is 5.44. The van der Waals surface area contributed by atoms with Crippen molar-refractivity contribution in [2.75, 3.05) is 26.7 Å². The van der Waals surface area contributed by atoms with Gasteiger partial charge in [-0.05, 0) is 56.0 Å². The molecule has 0 amide bonds. The molecule has 1 aromatic carbocycles. The number of hydrogen-bond donors (Lipinski definition) is 2. The summed E-state index contributed by atoms with van der Waals surface area (Å²) in [6.07, 6.45) is 4.74. The van der Waals surface area contributed by atoms with Crippen LogP contribution in [0.1, 0.15) is 30.9 Å². The molecule has 1 heterocycles. The van der Waals surface area contributed by atoms with Gasteiger partial charge < -0.3 is 15.4 Å². The van der Waals surface area contributed by atoms with Crippen molar-refractivity contribution in [2.24, 2.45) is 0 Å². The molecule has 2 rings (SSSR count). The second-order valence-electron chi connectivity index (χ2n) is 5.25. The van der Waals surface area contributed by atoms with E-state index in [1.165, 1.54) is 30.5 Å². The molecule has 106 valence electrons. The maximum Gasteiger partial charge on any atom is 0.122 e. The zero-order chi connectivity index (χ0) is 13.5. The van der Waals surface area contributed by atoms with Crippen molar-refractivity contribution in [3.05, 3.63) is 29.3 Å². The van der Waals surface area contributed by atoms with Crippen molar-refractivity contribution in [3.8, 4) is 5.75 Å². The zero-order valence-electron chi connectivity index (χ0n) is 12.2. The third-order valence-electron chi connectivity index (χ3n) is 3.88. The Hall–Kier alpha value is -1.06. The Morgan fingerprint density at radius 3 is 3.00 bits per heavy atom. The molecule has 1 aliphatic rings. The van der Waals surface area contributed by atoms with Crippen molar-refractivity contribution >= 4 is 0 Å². The molecule has 1 aliphatic heterocycles. The van der Waals surface area contributed by atoms with Crippen LogP contribution in [0.2, 0.25) is 0 Å². The predicted octanol–water partition coefficient (Wildman–Crippen LogP) is 2.14. The monoisotopic (exact) mass is 262 g/mol. The van der Waals surface area contributed by atoms with Crippen molar-refractivity contribution < 1.29 is 4.74 Å². The van der Waals surface area contributed by atoms with E-state index in [0.29, 0.717) is 6.04 Å². The molecule has 0 spiro atoms. The summed E-state index contributed by atoms with van der Waals surface area (Å²) in [6, 6.07) is 7.18. The van der Waals surface area contributed by atoms with Crippen LogP contribution in [-0.4, -0.2) is 32.8 Å². The lowest BCUT2D eigenvalue weighted by atomic mass is 10.1. The Bertz CT molecular complexity index is 386. The molecule has 0 radical (unpaired) electrons. The van der Waals surface area contributed by atoms with E-state index in [9.17, 15) is 0 Å². The average Bonchev–Trinajstić information content (AvgIpc) is 2.96. The van der Waals surface area contributed by atoms with E-state index in [1.54, 1.807) is 7.11 Å².